The summed E-state index contributed by atoms with van der Waals surface area (Å²) in [5, 5.41) is 11.8. The van der Waals surface area contributed by atoms with Crippen LogP contribution in [-0.2, 0) is 16.1 Å². The first-order chi connectivity index (χ1) is 14.9. The first-order valence-corrected chi connectivity index (χ1v) is 10.8. The number of piperazine rings is 1. The zero-order valence-corrected chi connectivity index (χ0v) is 19.1. The number of cyclic esters (lactones) is 1. The summed E-state index contributed by atoms with van der Waals surface area (Å²) in [6.07, 6.45) is -1.01. The third-order valence-corrected chi connectivity index (χ3v) is 5.99. The molecule has 0 unspecified atom stereocenters. The van der Waals surface area contributed by atoms with Crippen molar-refractivity contribution in [2.24, 2.45) is 0 Å². The van der Waals surface area contributed by atoms with Crippen LogP contribution in [0.1, 0.15) is 11.9 Å². The monoisotopic (exact) mass is 485 g/mol. The number of nitrogens with zero attached hydrogens (tertiary/aromatic N) is 5. The fraction of sp³-hybridized carbons (Fsp3) is 0.474. The number of anilines is 3. The highest BCUT2D eigenvalue weighted by Crippen LogP contribution is 2.28. The van der Waals surface area contributed by atoms with E-state index in [-0.39, 0.29) is 37.2 Å². The van der Waals surface area contributed by atoms with Crippen LogP contribution >= 0.6 is 23.7 Å². The second-order valence-corrected chi connectivity index (χ2v) is 8.58. The van der Waals surface area contributed by atoms with E-state index < -0.39 is 12.2 Å². The number of aromatic nitrogens is 2. The standard InChI is InChI=1S/C19H24FN7O3S.ClH/c1-12(28)22-9-14-10-27(19(29)30-14)13-2-3-16(15(20)8-13)26-6-4-25(5-7-26)11-17-23-24-18(21)31-17;/h2-3,8,14H,4-7,9-11H2,1H3,(H2,21,24)(H,22,28);1H/t14-;/m0./s1. The van der Waals surface area contributed by atoms with Crippen molar-refractivity contribution in [3.63, 3.8) is 0 Å². The minimum absolute atomic E-state index is 0. The molecule has 0 saturated carbocycles. The highest BCUT2D eigenvalue weighted by molar-refractivity contribution is 7.15. The Labute approximate surface area is 194 Å². The highest BCUT2D eigenvalue weighted by atomic mass is 35.5. The number of amides is 2. The summed E-state index contributed by atoms with van der Waals surface area (Å²) in [6, 6.07) is 4.77. The molecule has 2 aromatic rings. The van der Waals surface area contributed by atoms with Crippen molar-refractivity contribution in [1.29, 1.82) is 0 Å². The van der Waals surface area contributed by atoms with Crippen LogP contribution in [-0.4, -0.2) is 72.5 Å². The second-order valence-electron chi connectivity index (χ2n) is 7.49. The lowest BCUT2D eigenvalue weighted by Gasteiger charge is -2.35. The molecule has 10 nitrogen and oxygen atoms in total. The predicted molar refractivity (Wildman–Crippen MR) is 122 cm³/mol. The molecule has 0 radical (unpaired) electrons. The quantitative estimate of drug-likeness (QED) is 0.631. The Bertz CT molecular complexity index is 970. The smallest absolute Gasteiger partial charge is 0.414 e. The van der Waals surface area contributed by atoms with Crippen molar-refractivity contribution < 1.29 is 18.7 Å². The summed E-state index contributed by atoms with van der Waals surface area (Å²) in [5.74, 6) is -0.585. The number of ether oxygens (including phenoxy) is 1. The molecule has 3 heterocycles. The number of nitrogens with one attached hydrogen (secondary N) is 1. The SMILES string of the molecule is CC(=O)NC[C@H]1CN(c2ccc(N3CCN(Cc4nnc(N)s4)CC3)c(F)c2)C(=O)O1.Cl. The maximum atomic E-state index is 14.9. The van der Waals surface area contributed by atoms with Crippen molar-refractivity contribution in [3.05, 3.63) is 29.0 Å². The molecule has 3 N–H and O–H groups in total. The summed E-state index contributed by atoms with van der Waals surface area (Å²) in [5.41, 5.74) is 6.57. The first-order valence-electron chi connectivity index (χ1n) is 9.96. The average molecular weight is 486 g/mol. The molecule has 1 aromatic heterocycles. The number of nitrogen functional groups attached to an aromatic ring is 1. The van der Waals surface area contributed by atoms with Gasteiger partial charge in [0, 0.05) is 33.1 Å². The summed E-state index contributed by atoms with van der Waals surface area (Å²) < 4.78 is 20.1. The zero-order chi connectivity index (χ0) is 22.0. The number of rotatable bonds is 6. The maximum Gasteiger partial charge on any atom is 0.414 e. The Kier molecular flexibility index (Phi) is 7.69. The van der Waals surface area contributed by atoms with Crippen LogP contribution in [0, 0.1) is 5.82 Å². The highest BCUT2D eigenvalue weighted by Gasteiger charge is 2.33. The van der Waals surface area contributed by atoms with Gasteiger partial charge in [0.2, 0.25) is 11.0 Å². The van der Waals surface area contributed by atoms with Crippen LogP contribution in [0.2, 0.25) is 0 Å². The van der Waals surface area contributed by atoms with Gasteiger partial charge in [-0.05, 0) is 18.2 Å². The lowest BCUT2D eigenvalue weighted by molar-refractivity contribution is -0.119. The molecule has 0 aliphatic carbocycles. The molecule has 0 bridgehead atoms. The van der Waals surface area contributed by atoms with E-state index >= 15 is 0 Å². The zero-order valence-electron chi connectivity index (χ0n) is 17.5. The van der Waals surface area contributed by atoms with Gasteiger partial charge < -0.3 is 20.7 Å². The summed E-state index contributed by atoms with van der Waals surface area (Å²) in [7, 11) is 0. The molecule has 174 valence electrons. The van der Waals surface area contributed by atoms with Gasteiger partial charge in [0.15, 0.2) is 0 Å². The van der Waals surface area contributed by atoms with E-state index in [4.69, 9.17) is 10.5 Å². The number of hydrogen-bond donors (Lipinski definition) is 2. The Hall–Kier alpha value is -2.70. The number of halogens is 2. The molecule has 1 aromatic carbocycles. The molecule has 2 amide bonds. The number of carbonyl (C=O) groups is 2. The van der Waals surface area contributed by atoms with Crippen molar-refractivity contribution in [3.8, 4) is 0 Å². The number of hydrogen-bond acceptors (Lipinski definition) is 9. The predicted octanol–water partition coefficient (Wildman–Crippen LogP) is 1.46. The molecular weight excluding hydrogens is 461 g/mol. The Morgan fingerprint density at radius 2 is 2.06 bits per heavy atom. The van der Waals surface area contributed by atoms with E-state index in [1.165, 1.54) is 29.2 Å². The van der Waals surface area contributed by atoms with Crippen molar-refractivity contribution in [1.82, 2.24) is 20.4 Å². The summed E-state index contributed by atoms with van der Waals surface area (Å²) in [6.45, 7) is 5.45. The minimum atomic E-state index is -0.548. The van der Waals surface area contributed by atoms with Crippen LogP contribution in [0.15, 0.2) is 18.2 Å². The molecule has 1 atom stereocenters. The van der Waals surface area contributed by atoms with Gasteiger partial charge in [0.05, 0.1) is 31.0 Å². The normalized spacial score (nSPS) is 18.9. The van der Waals surface area contributed by atoms with Crippen LogP contribution in [0.4, 0.5) is 25.7 Å². The lowest BCUT2D eigenvalue weighted by Crippen LogP contribution is -2.46. The molecule has 32 heavy (non-hydrogen) atoms. The van der Waals surface area contributed by atoms with E-state index in [2.05, 4.69) is 20.4 Å². The Morgan fingerprint density at radius 1 is 1.31 bits per heavy atom. The van der Waals surface area contributed by atoms with E-state index in [0.717, 1.165) is 18.1 Å². The van der Waals surface area contributed by atoms with Crippen LogP contribution in [0.25, 0.3) is 0 Å². The van der Waals surface area contributed by atoms with E-state index in [1.807, 2.05) is 4.90 Å². The van der Waals surface area contributed by atoms with Gasteiger partial charge in [0.25, 0.3) is 0 Å². The Morgan fingerprint density at radius 3 is 2.69 bits per heavy atom. The van der Waals surface area contributed by atoms with Crippen LogP contribution < -0.4 is 20.9 Å². The Balaban J connectivity index is 0.00000289. The average Bonchev–Trinajstić information content (AvgIpc) is 3.32. The molecule has 2 aliphatic heterocycles. The van der Waals surface area contributed by atoms with E-state index in [1.54, 1.807) is 12.1 Å². The third kappa shape index (κ3) is 5.56. The van der Waals surface area contributed by atoms with Crippen LogP contribution in [0.3, 0.4) is 0 Å². The van der Waals surface area contributed by atoms with Gasteiger partial charge >= 0.3 is 6.09 Å². The van der Waals surface area contributed by atoms with Crippen molar-refractivity contribution in [2.75, 3.05) is 54.8 Å². The fourth-order valence-electron chi connectivity index (χ4n) is 3.69. The van der Waals surface area contributed by atoms with Gasteiger partial charge in [-0.3, -0.25) is 14.6 Å². The van der Waals surface area contributed by atoms with Crippen LogP contribution in [0.5, 0.6) is 0 Å². The first kappa shape index (κ1) is 24.0. The van der Waals surface area contributed by atoms with Crippen molar-refractivity contribution in [2.45, 2.75) is 19.6 Å². The van der Waals surface area contributed by atoms with Gasteiger partial charge in [-0.2, -0.15) is 0 Å². The largest absolute Gasteiger partial charge is 0.442 e. The van der Waals surface area contributed by atoms with E-state index in [9.17, 15) is 14.0 Å². The molecule has 13 heteroatoms. The second kappa shape index (κ2) is 10.3. The van der Waals surface area contributed by atoms with Crippen molar-refractivity contribution >= 4 is 52.3 Å². The minimum Gasteiger partial charge on any atom is -0.442 e. The molecule has 2 saturated heterocycles. The molecular formula is C19H25ClFN7O3S. The van der Waals surface area contributed by atoms with Gasteiger partial charge in [-0.25, -0.2) is 9.18 Å². The summed E-state index contributed by atoms with van der Waals surface area (Å²) in [4.78, 5) is 28.8. The van der Waals surface area contributed by atoms with Gasteiger partial charge in [-0.1, -0.05) is 11.3 Å². The maximum absolute atomic E-state index is 14.9. The fourth-order valence-corrected chi connectivity index (χ4v) is 4.34. The molecule has 4 rings (SSSR count). The lowest BCUT2D eigenvalue weighted by atomic mass is 10.2. The topological polar surface area (TPSA) is 117 Å². The number of benzene rings is 1. The third-order valence-electron chi connectivity index (χ3n) is 5.25. The number of carbonyl (C=O) groups excluding carboxylic acids is 2. The molecule has 0 spiro atoms. The molecule has 2 fully saturated rings. The van der Waals surface area contributed by atoms with Gasteiger partial charge in [0.1, 0.15) is 16.9 Å². The number of nitrogens with two attached hydrogens (primary N) is 1. The van der Waals surface area contributed by atoms with Gasteiger partial charge in [-0.15, -0.1) is 22.6 Å². The summed E-state index contributed by atoms with van der Waals surface area (Å²) >= 11 is 1.38. The molecule has 2 aliphatic rings. The van der Waals surface area contributed by atoms with E-state index in [0.29, 0.717) is 36.1 Å².